The van der Waals surface area contributed by atoms with Crippen molar-refractivity contribution in [3.63, 3.8) is 0 Å². The topological polar surface area (TPSA) is 56.9 Å². The van der Waals surface area contributed by atoms with Crippen molar-refractivity contribution in [2.24, 2.45) is 0 Å². The van der Waals surface area contributed by atoms with E-state index >= 15 is 0 Å². The van der Waals surface area contributed by atoms with Crippen molar-refractivity contribution < 1.29 is 4.79 Å². The van der Waals surface area contributed by atoms with Gasteiger partial charge < -0.3 is 15.0 Å². The van der Waals surface area contributed by atoms with Crippen LogP contribution in [0.5, 0.6) is 0 Å². The lowest BCUT2D eigenvalue weighted by Crippen LogP contribution is -2.23. The van der Waals surface area contributed by atoms with Crippen molar-refractivity contribution in [3.05, 3.63) is 64.8 Å². The summed E-state index contributed by atoms with van der Waals surface area (Å²) in [6, 6.07) is 14.4. The van der Waals surface area contributed by atoms with Crippen LogP contribution < -0.4 is 10.0 Å². The van der Waals surface area contributed by atoms with Gasteiger partial charge >= 0.3 is 0 Å². The molecule has 3 rings (SSSR count). The first-order valence-electron chi connectivity index (χ1n) is 9.42. The number of aromatic amines is 1. The first-order chi connectivity index (χ1) is 13.1. The van der Waals surface area contributed by atoms with Gasteiger partial charge in [0.1, 0.15) is 5.69 Å². The number of aryl methyl sites for hydroxylation is 2. The number of hydrogen-bond acceptors (Lipinski definition) is 3. The van der Waals surface area contributed by atoms with E-state index in [1.165, 1.54) is 18.4 Å². The average Bonchev–Trinajstić information content (AvgIpc) is 3.01. The molecule has 0 bridgehead atoms. The number of unbranched alkanes of at least 4 members (excludes halogenated alkanes) is 1. The Morgan fingerprint density at radius 3 is 2.63 bits per heavy atom. The number of benzene rings is 2. The normalized spacial score (nSPS) is 10.9. The third-order valence-corrected chi connectivity index (χ3v) is 5.52. The van der Waals surface area contributed by atoms with E-state index in [2.05, 4.69) is 47.1 Å². The highest BCUT2D eigenvalue weighted by molar-refractivity contribution is 8.00. The number of nitrogens with one attached hydrogen (secondary N) is 3. The van der Waals surface area contributed by atoms with Crippen LogP contribution >= 0.6 is 11.9 Å². The van der Waals surface area contributed by atoms with Crippen LogP contribution in [-0.4, -0.2) is 16.6 Å². The van der Waals surface area contributed by atoms with E-state index < -0.39 is 0 Å². The molecule has 0 aliphatic rings. The highest BCUT2D eigenvalue weighted by Gasteiger charge is 2.15. The van der Waals surface area contributed by atoms with E-state index in [0.29, 0.717) is 12.2 Å². The zero-order valence-corrected chi connectivity index (χ0v) is 17.0. The van der Waals surface area contributed by atoms with E-state index in [4.69, 9.17) is 0 Å². The number of H-pyrrole nitrogens is 1. The Morgan fingerprint density at radius 1 is 1.11 bits per heavy atom. The smallest absolute Gasteiger partial charge is 0.268 e. The van der Waals surface area contributed by atoms with Gasteiger partial charge in [-0.25, -0.2) is 0 Å². The Morgan fingerprint density at radius 2 is 1.89 bits per heavy atom. The fourth-order valence-electron chi connectivity index (χ4n) is 2.94. The summed E-state index contributed by atoms with van der Waals surface area (Å²) < 4.78 is 3.39. The standard InChI is InChI=1S/C22H27N3OS/c1-4-5-12-27-25-18-10-11-20-19(13-18)16(3)21(24-20)22(26)23-14-17-8-6-15(2)7-9-17/h6-11,13,24-25H,4-5,12,14H2,1-3H3,(H,23,26). The maximum Gasteiger partial charge on any atom is 0.268 e. The molecule has 27 heavy (non-hydrogen) atoms. The molecule has 0 atom stereocenters. The minimum absolute atomic E-state index is 0.0731. The van der Waals surface area contributed by atoms with Crippen molar-refractivity contribution in [3.8, 4) is 0 Å². The number of rotatable bonds is 8. The second-order valence-corrected chi connectivity index (χ2v) is 7.76. The summed E-state index contributed by atoms with van der Waals surface area (Å²) in [5.74, 6) is 1.02. The Labute approximate surface area is 165 Å². The fraction of sp³-hybridized carbons (Fsp3) is 0.318. The van der Waals surface area contributed by atoms with Crippen molar-refractivity contribution in [1.29, 1.82) is 0 Å². The molecule has 1 aromatic heterocycles. The van der Waals surface area contributed by atoms with E-state index in [1.54, 1.807) is 11.9 Å². The molecule has 0 radical (unpaired) electrons. The van der Waals surface area contributed by atoms with E-state index in [-0.39, 0.29) is 5.91 Å². The van der Waals surface area contributed by atoms with Crippen LogP contribution in [0.1, 0.15) is 46.9 Å². The number of carbonyl (C=O) groups is 1. The van der Waals surface area contributed by atoms with Gasteiger partial charge in [0.25, 0.3) is 5.91 Å². The predicted molar refractivity (Wildman–Crippen MR) is 116 cm³/mol. The lowest BCUT2D eigenvalue weighted by molar-refractivity contribution is 0.0946. The van der Waals surface area contributed by atoms with E-state index in [0.717, 1.165) is 33.5 Å². The number of amides is 1. The van der Waals surface area contributed by atoms with Gasteiger partial charge in [0.15, 0.2) is 0 Å². The van der Waals surface area contributed by atoms with Crippen LogP contribution in [-0.2, 0) is 6.54 Å². The molecule has 4 nitrogen and oxygen atoms in total. The fourth-order valence-corrected chi connectivity index (χ4v) is 3.77. The highest BCUT2D eigenvalue weighted by Crippen LogP contribution is 2.26. The summed E-state index contributed by atoms with van der Waals surface area (Å²) in [5, 5.41) is 4.09. The molecule has 5 heteroatoms. The summed E-state index contributed by atoms with van der Waals surface area (Å²) in [7, 11) is 0. The molecular formula is C22H27N3OS. The molecule has 1 amide bonds. The van der Waals surface area contributed by atoms with Crippen LogP contribution in [0.3, 0.4) is 0 Å². The summed E-state index contributed by atoms with van der Waals surface area (Å²) in [5.41, 5.74) is 5.98. The van der Waals surface area contributed by atoms with Gasteiger partial charge in [-0.1, -0.05) is 55.1 Å². The zero-order chi connectivity index (χ0) is 19.2. The van der Waals surface area contributed by atoms with Crippen LogP contribution in [0.4, 0.5) is 5.69 Å². The number of anilines is 1. The van der Waals surface area contributed by atoms with Crippen molar-refractivity contribution >= 4 is 34.4 Å². The van der Waals surface area contributed by atoms with Gasteiger partial charge in [-0.2, -0.15) is 0 Å². The first-order valence-corrected chi connectivity index (χ1v) is 10.4. The van der Waals surface area contributed by atoms with Gasteiger partial charge in [-0.3, -0.25) is 4.79 Å². The Bertz CT molecular complexity index is 915. The summed E-state index contributed by atoms with van der Waals surface area (Å²) >= 11 is 1.73. The Balaban J connectivity index is 1.69. The maximum absolute atomic E-state index is 12.6. The summed E-state index contributed by atoms with van der Waals surface area (Å²) in [4.78, 5) is 15.9. The van der Waals surface area contributed by atoms with Crippen molar-refractivity contribution in [1.82, 2.24) is 10.3 Å². The Kier molecular flexibility index (Phi) is 6.45. The summed E-state index contributed by atoms with van der Waals surface area (Å²) in [6.45, 7) is 6.77. The van der Waals surface area contributed by atoms with Crippen LogP contribution in [0.25, 0.3) is 10.9 Å². The highest BCUT2D eigenvalue weighted by atomic mass is 32.2. The third-order valence-electron chi connectivity index (χ3n) is 4.65. The van der Waals surface area contributed by atoms with Crippen LogP contribution in [0.15, 0.2) is 42.5 Å². The van der Waals surface area contributed by atoms with E-state index in [1.807, 2.05) is 31.2 Å². The largest absolute Gasteiger partial charge is 0.350 e. The summed E-state index contributed by atoms with van der Waals surface area (Å²) in [6.07, 6.45) is 2.40. The number of carbonyl (C=O) groups excluding carboxylic acids is 1. The van der Waals surface area contributed by atoms with Gasteiger partial charge in [0.2, 0.25) is 0 Å². The predicted octanol–water partition coefficient (Wildman–Crippen LogP) is 5.57. The van der Waals surface area contributed by atoms with Crippen LogP contribution in [0.2, 0.25) is 0 Å². The van der Waals surface area contributed by atoms with Crippen molar-refractivity contribution in [2.75, 3.05) is 10.5 Å². The molecule has 3 aromatic rings. The maximum atomic E-state index is 12.6. The van der Waals surface area contributed by atoms with E-state index in [9.17, 15) is 4.79 Å². The zero-order valence-electron chi connectivity index (χ0n) is 16.2. The van der Waals surface area contributed by atoms with Crippen LogP contribution in [0, 0.1) is 13.8 Å². The molecule has 0 saturated carbocycles. The number of hydrogen-bond donors (Lipinski definition) is 3. The molecule has 3 N–H and O–H groups in total. The third kappa shape index (κ3) is 4.86. The molecule has 0 unspecified atom stereocenters. The lowest BCUT2D eigenvalue weighted by Gasteiger charge is -2.06. The quantitative estimate of drug-likeness (QED) is 0.353. The lowest BCUT2D eigenvalue weighted by atomic mass is 10.1. The molecule has 0 fully saturated rings. The molecule has 142 valence electrons. The van der Waals surface area contributed by atoms with Gasteiger partial charge in [0, 0.05) is 28.9 Å². The van der Waals surface area contributed by atoms with Crippen molar-refractivity contribution in [2.45, 2.75) is 40.2 Å². The number of fused-ring (bicyclic) bond motifs is 1. The first kappa shape index (κ1) is 19.4. The van der Waals surface area contributed by atoms with Gasteiger partial charge in [0.05, 0.1) is 0 Å². The minimum atomic E-state index is -0.0731. The molecule has 2 aromatic carbocycles. The molecule has 0 aliphatic heterocycles. The number of aromatic nitrogens is 1. The second-order valence-electron chi connectivity index (χ2n) is 6.86. The van der Waals surface area contributed by atoms with Gasteiger partial charge in [-0.15, -0.1) is 0 Å². The minimum Gasteiger partial charge on any atom is -0.350 e. The molecule has 0 saturated heterocycles. The average molecular weight is 382 g/mol. The molecule has 1 heterocycles. The second kappa shape index (κ2) is 9.00. The molecule has 0 spiro atoms. The molecule has 0 aliphatic carbocycles. The molecular weight excluding hydrogens is 354 g/mol. The SMILES string of the molecule is CCCCSNc1ccc2[nH]c(C(=O)NCc3ccc(C)cc3)c(C)c2c1. The van der Waals surface area contributed by atoms with Gasteiger partial charge in [-0.05, 0) is 49.6 Å². The monoisotopic (exact) mass is 381 g/mol. The Hall–Kier alpha value is -2.40.